The fourth-order valence-corrected chi connectivity index (χ4v) is 3.68. The van der Waals surface area contributed by atoms with Gasteiger partial charge in [-0.2, -0.15) is 0 Å². The minimum atomic E-state index is 0. The van der Waals surface area contributed by atoms with Gasteiger partial charge in [-0.1, -0.05) is 0 Å². The fourth-order valence-electron chi connectivity index (χ4n) is 3.68. The van der Waals surface area contributed by atoms with Crippen LogP contribution in [-0.2, 0) is 0 Å². The van der Waals surface area contributed by atoms with E-state index in [4.69, 9.17) is 4.74 Å². The third kappa shape index (κ3) is 4.18. The highest BCUT2D eigenvalue weighted by atomic mass is 35.5. The van der Waals surface area contributed by atoms with Crippen LogP contribution in [0, 0.1) is 5.41 Å². The highest BCUT2D eigenvalue weighted by Gasteiger charge is 2.36. The Morgan fingerprint density at radius 1 is 1.13 bits per heavy atom. The Balaban J connectivity index is 0.00000192. The minimum Gasteiger partial charge on any atom is -0.494 e. The van der Waals surface area contributed by atoms with Gasteiger partial charge in [-0.05, 0) is 75.4 Å². The van der Waals surface area contributed by atoms with Crippen molar-refractivity contribution in [1.29, 1.82) is 0 Å². The number of amides is 1. The van der Waals surface area contributed by atoms with Crippen LogP contribution in [-0.4, -0.2) is 43.6 Å². The number of ether oxygens (including phenoxy) is 1. The van der Waals surface area contributed by atoms with Crippen molar-refractivity contribution in [3.63, 3.8) is 0 Å². The van der Waals surface area contributed by atoms with Crippen LogP contribution in [0.2, 0.25) is 0 Å². The van der Waals surface area contributed by atoms with Crippen LogP contribution in [0.3, 0.4) is 0 Å². The zero-order chi connectivity index (χ0) is 15.4. The molecule has 0 unspecified atom stereocenters. The van der Waals surface area contributed by atoms with Gasteiger partial charge in [-0.15, -0.1) is 12.4 Å². The molecule has 23 heavy (non-hydrogen) atoms. The molecule has 2 saturated heterocycles. The second-order valence-corrected chi connectivity index (χ2v) is 6.50. The Labute approximate surface area is 145 Å². The third-order valence-corrected chi connectivity index (χ3v) is 5.19. The van der Waals surface area contributed by atoms with Gasteiger partial charge in [0, 0.05) is 18.7 Å². The van der Waals surface area contributed by atoms with Crippen LogP contribution in [0.15, 0.2) is 24.3 Å². The van der Waals surface area contributed by atoms with E-state index in [0.29, 0.717) is 12.0 Å². The lowest BCUT2D eigenvalue weighted by Gasteiger charge is -2.44. The number of carbonyl (C=O) groups excluding carboxylic acids is 1. The van der Waals surface area contributed by atoms with E-state index in [1.807, 2.05) is 36.1 Å². The molecule has 1 spiro atoms. The van der Waals surface area contributed by atoms with Crippen molar-refractivity contribution >= 4 is 18.3 Å². The standard InChI is InChI=1S/C18H26N2O2.ClH/c1-2-22-16-5-3-15(4-6-16)17(21)20-13-9-18(10-14-20)7-11-19-12-8-18;/h3-6,19H,2,7-14H2,1H3;1H. The van der Waals surface area contributed by atoms with E-state index in [1.165, 1.54) is 12.8 Å². The molecular weight excluding hydrogens is 312 g/mol. The molecule has 0 atom stereocenters. The van der Waals surface area contributed by atoms with Gasteiger partial charge >= 0.3 is 0 Å². The molecule has 1 N–H and O–H groups in total. The van der Waals surface area contributed by atoms with E-state index in [0.717, 1.165) is 50.3 Å². The fraction of sp³-hybridized carbons (Fsp3) is 0.611. The Bertz CT molecular complexity index is 502. The van der Waals surface area contributed by atoms with E-state index < -0.39 is 0 Å². The number of likely N-dealkylation sites (tertiary alicyclic amines) is 1. The number of halogens is 1. The van der Waals surface area contributed by atoms with Crippen molar-refractivity contribution in [2.75, 3.05) is 32.8 Å². The van der Waals surface area contributed by atoms with Gasteiger partial charge in [0.25, 0.3) is 5.91 Å². The lowest BCUT2D eigenvalue weighted by Crippen LogP contribution is -2.47. The van der Waals surface area contributed by atoms with Gasteiger partial charge in [-0.25, -0.2) is 0 Å². The molecule has 5 heteroatoms. The molecule has 0 saturated carbocycles. The highest BCUT2D eigenvalue weighted by Crippen LogP contribution is 2.39. The molecule has 1 aromatic rings. The molecule has 0 radical (unpaired) electrons. The van der Waals surface area contributed by atoms with Crippen LogP contribution >= 0.6 is 12.4 Å². The third-order valence-electron chi connectivity index (χ3n) is 5.19. The van der Waals surface area contributed by atoms with Crippen LogP contribution in [0.1, 0.15) is 43.0 Å². The number of hydrogen-bond acceptors (Lipinski definition) is 3. The highest BCUT2D eigenvalue weighted by molar-refractivity contribution is 5.94. The Kier molecular flexibility index (Phi) is 6.31. The maximum atomic E-state index is 12.6. The molecule has 2 aliphatic rings. The normalized spacial score (nSPS) is 20.0. The first-order valence-corrected chi connectivity index (χ1v) is 8.45. The molecule has 0 aromatic heterocycles. The molecule has 3 rings (SSSR count). The van der Waals surface area contributed by atoms with Crippen LogP contribution < -0.4 is 10.1 Å². The second-order valence-electron chi connectivity index (χ2n) is 6.50. The van der Waals surface area contributed by atoms with E-state index in [1.54, 1.807) is 0 Å². The van der Waals surface area contributed by atoms with Crippen LogP contribution in [0.25, 0.3) is 0 Å². The summed E-state index contributed by atoms with van der Waals surface area (Å²) in [6, 6.07) is 7.52. The number of nitrogens with zero attached hydrogens (tertiary/aromatic N) is 1. The summed E-state index contributed by atoms with van der Waals surface area (Å²) in [5.41, 5.74) is 1.26. The summed E-state index contributed by atoms with van der Waals surface area (Å²) < 4.78 is 5.43. The Morgan fingerprint density at radius 3 is 2.30 bits per heavy atom. The van der Waals surface area contributed by atoms with Gasteiger partial charge in [0.15, 0.2) is 0 Å². The zero-order valence-electron chi connectivity index (χ0n) is 13.8. The molecule has 0 bridgehead atoms. The Morgan fingerprint density at radius 2 is 1.74 bits per heavy atom. The first-order valence-electron chi connectivity index (χ1n) is 8.45. The maximum absolute atomic E-state index is 12.6. The zero-order valence-corrected chi connectivity index (χ0v) is 14.7. The van der Waals surface area contributed by atoms with Crippen LogP contribution in [0.4, 0.5) is 0 Å². The van der Waals surface area contributed by atoms with Crippen molar-refractivity contribution in [1.82, 2.24) is 10.2 Å². The number of piperidine rings is 2. The summed E-state index contributed by atoms with van der Waals surface area (Å²) in [5, 5.41) is 3.44. The van der Waals surface area contributed by atoms with Gasteiger partial charge in [0.1, 0.15) is 5.75 Å². The average molecular weight is 339 g/mol. The van der Waals surface area contributed by atoms with Crippen molar-refractivity contribution in [2.45, 2.75) is 32.6 Å². The second kappa shape index (κ2) is 8.02. The molecular formula is C18H27ClN2O2. The first-order chi connectivity index (χ1) is 10.7. The largest absolute Gasteiger partial charge is 0.494 e. The average Bonchev–Trinajstić information content (AvgIpc) is 2.57. The molecule has 4 nitrogen and oxygen atoms in total. The van der Waals surface area contributed by atoms with Crippen molar-refractivity contribution in [3.8, 4) is 5.75 Å². The number of nitrogens with one attached hydrogen (secondary N) is 1. The summed E-state index contributed by atoms with van der Waals surface area (Å²) in [6.45, 7) is 6.66. The Hall–Kier alpha value is -1.26. The molecule has 1 aromatic carbocycles. The van der Waals surface area contributed by atoms with E-state index in [9.17, 15) is 4.79 Å². The van der Waals surface area contributed by atoms with Gasteiger partial charge in [-0.3, -0.25) is 4.79 Å². The van der Waals surface area contributed by atoms with E-state index in [-0.39, 0.29) is 18.3 Å². The summed E-state index contributed by atoms with van der Waals surface area (Å²) in [5.74, 6) is 0.984. The van der Waals surface area contributed by atoms with Crippen LogP contribution in [0.5, 0.6) is 5.75 Å². The predicted octanol–water partition coefficient (Wildman–Crippen LogP) is 3.11. The molecule has 2 aliphatic heterocycles. The van der Waals surface area contributed by atoms with E-state index in [2.05, 4.69) is 5.32 Å². The quantitative estimate of drug-likeness (QED) is 0.920. The van der Waals surface area contributed by atoms with E-state index >= 15 is 0 Å². The summed E-state index contributed by atoms with van der Waals surface area (Å²) in [4.78, 5) is 14.6. The summed E-state index contributed by atoms with van der Waals surface area (Å²) in [7, 11) is 0. The number of carbonyl (C=O) groups is 1. The molecule has 1 amide bonds. The van der Waals surface area contributed by atoms with Crippen molar-refractivity contribution in [2.24, 2.45) is 5.41 Å². The van der Waals surface area contributed by atoms with Gasteiger partial charge in [0.2, 0.25) is 0 Å². The lowest BCUT2D eigenvalue weighted by atomic mass is 9.71. The predicted molar refractivity (Wildman–Crippen MR) is 94.5 cm³/mol. The number of hydrogen-bond donors (Lipinski definition) is 1. The maximum Gasteiger partial charge on any atom is 0.253 e. The van der Waals surface area contributed by atoms with Gasteiger partial charge in [0.05, 0.1) is 6.61 Å². The van der Waals surface area contributed by atoms with Crippen molar-refractivity contribution < 1.29 is 9.53 Å². The lowest BCUT2D eigenvalue weighted by molar-refractivity contribution is 0.0495. The molecule has 0 aliphatic carbocycles. The number of benzene rings is 1. The number of rotatable bonds is 3. The molecule has 2 fully saturated rings. The minimum absolute atomic E-state index is 0. The van der Waals surface area contributed by atoms with Gasteiger partial charge < -0.3 is 15.0 Å². The summed E-state index contributed by atoms with van der Waals surface area (Å²) >= 11 is 0. The summed E-state index contributed by atoms with van der Waals surface area (Å²) in [6.07, 6.45) is 4.82. The smallest absolute Gasteiger partial charge is 0.253 e. The SMILES string of the molecule is CCOc1ccc(C(=O)N2CCC3(CCNCC3)CC2)cc1.Cl. The molecule has 2 heterocycles. The first kappa shape index (κ1) is 18.1. The van der Waals surface area contributed by atoms with Crippen molar-refractivity contribution in [3.05, 3.63) is 29.8 Å². The molecule has 128 valence electrons. The topological polar surface area (TPSA) is 41.6 Å². The monoisotopic (exact) mass is 338 g/mol.